The van der Waals surface area contributed by atoms with Gasteiger partial charge in [0.2, 0.25) is 0 Å². The largest absolute Gasteiger partial charge is 0.252 e. The van der Waals surface area contributed by atoms with Gasteiger partial charge < -0.3 is 0 Å². The number of pyridine rings is 1. The second-order valence-electron chi connectivity index (χ2n) is 2.99. The van der Waals surface area contributed by atoms with Crippen molar-refractivity contribution < 1.29 is 4.39 Å². The van der Waals surface area contributed by atoms with Gasteiger partial charge in [0.1, 0.15) is 5.82 Å². The van der Waals surface area contributed by atoms with E-state index in [0.29, 0.717) is 5.52 Å². The molecule has 0 amide bonds. The Morgan fingerprint density at radius 1 is 1.43 bits per heavy atom. The Morgan fingerprint density at radius 2 is 2.14 bits per heavy atom. The van der Waals surface area contributed by atoms with Gasteiger partial charge in [0.05, 0.1) is 11.2 Å². The van der Waals surface area contributed by atoms with Crippen LogP contribution in [-0.4, -0.2) is 4.98 Å². The Morgan fingerprint density at radius 3 is 2.86 bits per heavy atom. The van der Waals surface area contributed by atoms with Crippen LogP contribution >= 0.6 is 38.5 Å². The van der Waals surface area contributed by atoms with E-state index in [-0.39, 0.29) is 5.82 Å². The second kappa shape index (κ2) is 3.73. The lowest BCUT2D eigenvalue weighted by Crippen LogP contribution is -1.91. The molecule has 0 radical (unpaired) electrons. The van der Waals surface area contributed by atoms with Crippen LogP contribution in [0.2, 0.25) is 0 Å². The van der Waals surface area contributed by atoms with E-state index in [0.717, 1.165) is 19.1 Å². The summed E-state index contributed by atoms with van der Waals surface area (Å²) in [5, 5.41) is 0.946. The molecule has 2 aromatic rings. The Bertz CT molecular complexity index is 513. The molecule has 2 rings (SSSR count). The van der Waals surface area contributed by atoms with Gasteiger partial charge in [0.15, 0.2) is 0 Å². The van der Waals surface area contributed by atoms with E-state index in [4.69, 9.17) is 0 Å². The predicted molar refractivity (Wildman–Crippen MR) is 66.9 cm³/mol. The Balaban J connectivity index is 2.91. The molecule has 0 unspecified atom stereocenters. The van der Waals surface area contributed by atoms with Crippen molar-refractivity contribution in [1.29, 1.82) is 0 Å². The van der Waals surface area contributed by atoms with Crippen LogP contribution in [0.1, 0.15) is 5.69 Å². The van der Waals surface area contributed by atoms with Gasteiger partial charge in [-0.1, -0.05) is 0 Å². The topological polar surface area (TPSA) is 12.9 Å². The molecule has 0 spiro atoms. The first-order valence-corrected chi connectivity index (χ1v) is 5.87. The molecule has 0 fully saturated rings. The Labute approximate surface area is 103 Å². The molecular formula is C10H6BrFIN. The third kappa shape index (κ3) is 1.65. The number of hydrogen-bond acceptors (Lipinski definition) is 1. The number of benzene rings is 1. The molecule has 0 aliphatic heterocycles. The number of halogens is 3. The average Bonchev–Trinajstić information content (AvgIpc) is 2.14. The number of nitrogens with zero attached hydrogens (tertiary/aromatic N) is 1. The molecule has 14 heavy (non-hydrogen) atoms. The molecule has 0 saturated heterocycles. The SMILES string of the molecule is Cc1nc2cc(F)ccc2c(Br)c1I. The monoisotopic (exact) mass is 365 g/mol. The zero-order chi connectivity index (χ0) is 10.3. The third-order valence-corrected chi connectivity index (χ3v) is 4.88. The molecular weight excluding hydrogens is 360 g/mol. The molecule has 1 heterocycles. The molecule has 0 atom stereocenters. The van der Waals surface area contributed by atoms with Crippen molar-refractivity contribution in [3.05, 3.63) is 37.8 Å². The molecule has 1 nitrogen and oxygen atoms in total. The minimum absolute atomic E-state index is 0.252. The van der Waals surface area contributed by atoms with Gasteiger partial charge >= 0.3 is 0 Å². The van der Waals surface area contributed by atoms with Crippen LogP contribution in [0.15, 0.2) is 22.7 Å². The smallest absolute Gasteiger partial charge is 0.125 e. The van der Waals surface area contributed by atoms with Gasteiger partial charge in [0, 0.05) is 19.5 Å². The summed E-state index contributed by atoms with van der Waals surface area (Å²) in [4.78, 5) is 4.32. The van der Waals surface area contributed by atoms with Gasteiger partial charge in [-0.05, 0) is 57.6 Å². The molecule has 4 heteroatoms. The summed E-state index contributed by atoms with van der Waals surface area (Å²) in [6.07, 6.45) is 0. The first-order chi connectivity index (χ1) is 6.59. The van der Waals surface area contributed by atoms with Crippen molar-refractivity contribution in [2.45, 2.75) is 6.92 Å². The fraction of sp³-hybridized carbons (Fsp3) is 0.100. The van der Waals surface area contributed by atoms with E-state index in [9.17, 15) is 4.39 Å². The van der Waals surface area contributed by atoms with Gasteiger partial charge in [-0.25, -0.2) is 4.39 Å². The highest BCUT2D eigenvalue weighted by atomic mass is 127. The molecule has 1 aromatic carbocycles. The van der Waals surface area contributed by atoms with Gasteiger partial charge in [-0.2, -0.15) is 0 Å². The van der Waals surface area contributed by atoms with Crippen LogP contribution in [-0.2, 0) is 0 Å². The standard InChI is InChI=1S/C10H6BrFIN/c1-5-10(13)9(11)7-3-2-6(12)4-8(7)14-5/h2-4H,1H3. The summed E-state index contributed by atoms with van der Waals surface area (Å²) in [6, 6.07) is 4.63. The van der Waals surface area contributed by atoms with Crippen LogP contribution in [0.25, 0.3) is 10.9 Å². The minimum atomic E-state index is -0.252. The fourth-order valence-corrected chi connectivity index (χ4v) is 2.32. The molecule has 0 N–H and O–H groups in total. The van der Waals surface area contributed by atoms with Crippen LogP contribution in [0.5, 0.6) is 0 Å². The van der Waals surface area contributed by atoms with Crippen molar-refractivity contribution in [2.24, 2.45) is 0 Å². The number of aryl methyl sites for hydroxylation is 1. The molecule has 72 valence electrons. The normalized spacial score (nSPS) is 10.9. The van der Waals surface area contributed by atoms with E-state index in [1.807, 2.05) is 6.92 Å². The molecule has 0 aliphatic carbocycles. The van der Waals surface area contributed by atoms with Crippen molar-refractivity contribution in [2.75, 3.05) is 0 Å². The third-order valence-electron chi connectivity index (χ3n) is 1.99. The van der Waals surface area contributed by atoms with E-state index >= 15 is 0 Å². The second-order valence-corrected chi connectivity index (χ2v) is 4.86. The quantitative estimate of drug-likeness (QED) is 0.642. The van der Waals surface area contributed by atoms with Crippen molar-refractivity contribution in [1.82, 2.24) is 4.98 Å². The molecule has 0 bridgehead atoms. The highest BCUT2D eigenvalue weighted by molar-refractivity contribution is 14.1. The first kappa shape index (κ1) is 10.3. The maximum Gasteiger partial charge on any atom is 0.125 e. The maximum absolute atomic E-state index is 12.9. The molecule has 1 aromatic heterocycles. The van der Waals surface area contributed by atoms with E-state index in [1.165, 1.54) is 12.1 Å². The summed E-state index contributed by atoms with van der Waals surface area (Å²) in [5.41, 5.74) is 1.60. The van der Waals surface area contributed by atoms with Gasteiger partial charge in [-0.3, -0.25) is 4.98 Å². The zero-order valence-electron chi connectivity index (χ0n) is 7.31. The van der Waals surface area contributed by atoms with Crippen LogP contribution in [0, 0.1) is 16.3 Å². The lowest BCUT2D eigenvalue weighted by atomic mass is 10.2. The maximum atomic E-state index is 12.9. The van der Waals surface area contributed by atoms with Crippen molar-refractivity contribution >= 4 is 49.4 Å². The number of rotatable bonds is 0. The fourth-order valence-electron chi connectivity index (χ4n) is 1.29. The Kier molecular flexibility index (Phi) is 2.74. The summed E-state index contributed by atoms with van der Waals surface area (Å²) in [6.45, 7) is 1.91. The number of aromatic nitrogens is 1. The van der Waals surface area contributed by atoms with E-state index in [2.05, 4.69) is 43.5 Å². The lowest BCUT2D eigenvalue weighted by Gasteiger charge is -2.05. The summed E-state index contributed by atoms with van der Waals surface area (Å²) < 4.78 is 15.0. The van der Waals surface area contributed by atoms with Crippen molar-refractivity contribution in [3.63, 3.8) is 0 Å². The lowest BCUT2D eigenvalue weighted by molar-refractivity contribution is 0.629. The van der Waals surface area contributed by atoms with Crippen LogP contribution in [0.3, 0.4) is 0 Å². The number of fused-ring (bicyclic) bond motifs is 1. The highest BCUT2D eigenvalue weighted by Crippen LogP contribution is 2.29. The average molecular weight is 366 g/mol. The van der Waals surface area contributed by atoms with Gasteiger partial charge in [-0.15, -0.1) is 0 Å². The predicted octanol–water partition coefficient (Wildman–Crippen LogP) is 4.05. The Hall–Kier alpha value is -0.230. The zero-order valence-corrected chi connectivity index (χ0v) is 11.1. The van der Waals surface area contributed by atoms with Crippen molar-refractivity contribution in [3.8, 4) is 0 Å². The minimum Gasteiger partial charge on any atom is -0.252 e. The summed E-state index contributed by atoms with van der Waals surface area (Å²) >= 11 is 5.71. The summed E-state index contributed by atoms with van der Waals surface area (Å²) in [5.74, 6) is -0.252. The van der Waals surface area contributed by atoms with Crippen LogP contribution < -0.4 is 0 Å². The summed E-state index contributed by atoms with van der Waals surface area (Å²) in [7, 11) is 0. The molecule has 0 aliphatic rings. The van der Waals surface area contributed by atoms with E-state index < -0.39 is 0 Å². The number of hydrogen-bond donors (Lipinski definition) is 0. The first-order valence-electron chi connectivity index (χ1n) is 4.00. The van der Waals surface area contributed by atoms with E-state index in [1.54, 1.807) is 6.07 Å². The van der Waals surface area contributed by atoms with Crippen LogP contribution in [0.4, 0.5) is 4.39 Å². The molecule has 0 saturated carbocycles. The highest BCUT2D eigenvalue weighted by Gasteiger charge is 2.08. The van der Waals surface area contributed by atoms with Gasteiger partial charge in [0.25, 0.3) is 0 Å².